The number of rotatable bonds is 3. The summed E-state index contributed by atoms with van der Waals surface area (Å²) in [6.45, 7) is 0.494. The lowest BCUT2D eigenvalue weighted by Gasteiger charge is -2.10. The van der Waals surface area contributed by atoms with E-state index in [-0.39, 0.29) is 0 Å². The number of aromatic nitrogens is 3. The summed E-state index contributed by atoms with van der Waals surface area (Å²) in [6, 6.07) is 3.84. The number of oxazole rings is 1. The van der Waals surface area contributed by atoms with Crippen LogP contribution < -0.4 is 4.74 Å². The van der Waals surface area contributed by atoms with Gasteiger partial charge in [0.25, 0.3) is 0 Å². The van der Waals surface area contributed by atoms with Crippen LogP contribution in [-0.4, -0.2) is 34.4 Å². The van der Waals surface area contributed by atoms with Crippen LogP contribution in [0.4, 0.5) is 0 Å². The summed E-state index contributed by atoms with van der Waals surface area (Å²) in [7, 11) is 1.51. The third-order valence-electron chi connectivity index (χ3n) is 3.27. The number of fused-ring (bicyclic) bond motifs is 1. The largest absolute Gasteiger partial charge is 0.463 e. The SMILES string of the molecule is CON=C1CCOc2oc(-c3cnc(-c4cccnc4)s3)nc21. The summed E-state index contributed by atoms with van der Waals surface area (Å²) in [6.07, 6.45) is 5.87. The van der Waals surface area contributed by atoms with E-state index in [1.54, 1.807) is 18.6 Å². The highest BCUT2D eigenvalue weighted by Gasteiger charge is 2.26. The van der Waals surface area contributed by atoms with E-state index >= 15 is 0 Å². The minimum absolute atomic E-state index is 0.373. The van der Waals surface area contributed by atoms with E-state index in [1.807, 2.05) is 12.1 Å². The Balaban J connectivity index is 1.70. The maximum atomic E-state index is 5.70. The zero-order chi connectivity index (χ0) is 15.6. The first kappa shape index (κ1) is 13.9. The molecule has 0 saturated carbocycles. The molecule has 4 heterocycles. The van der Waals surface area contributed by atoms with Crippen molar-refractivity contribution in [3.63, 3.8) is 0 Å². The first-order valence-corrected chi connectivity index (χ1v) is 7.77. The first-order valence-electron chi connectivity index (χ1n) is 6.96. The smallest absolute Gasteiger partial charge is 0.315 e. The monoisotopic (exact) mass is 328 g/mol. The van der Waals surface area contributed by atoms with Gasteiger partial charge in [-0.15, -0.1) is 11.3 Å². The van der Waals surface area contributed by atoms with Crippen LogP contribution in [0.25, 0.3) is 21.3 Å². The molecule has 0 amide bonds. The summed E-state index contributed by atoms with van der Waals surface area (Å²) in [5.41, 5.74) is 2.27. The Morgan fingerprint density at radius 2 is 2.30 bits per heavy atom. The maximum Gasteiger partial charge on any atom is 0.315 e. The summed E-state index contributed by atoms with van der Waals surface area (Å²) in [5.74, 6) is 0.840. The fraction of sp³-hybridized carbons (Fsp3) is 0.200. The molecule has 0 radical (unpaired) electrons. The molecule has 4 rings (SSSR count). The third-order valence-corrected chi connectivity index (χ3v) is 4.30. The summed E-state index contributed by atoms with van der Waals surface area (Å²) in [5, 5.41) is 4.84. The lowest BCUT2D eigenvalue weighted by Crippen LogP contribution is -2.15. The zero-order valence-electron chi connectivity index (χ0n) is 12.2. The van der Waals surface area contributed by atoms with Crippen LogP contribution in [0.2, 0.25) is 0 Å². The van der Waals surface area contributed by atoms with E-state index in [0.29, 0.717) is 30.6 Å². The van der Waals surface area contributed by atoms with Crippen molar-refractivity contribution in [1.82, 2.24) is 15.0 Å². The molecule has 3 aromatic heterocycles. The van der Waals surface area contributed by atoms with E-state index in [2.05, 4.69) is 20.1 Å². The predicted octanol–water partition coefficient (Wildman–Crippen LogP) is 2.99. The fourth-order valence-corrected chi connectivity index (χ4v) is 3.08. The van der Waals surface area contributed by atoms with Crippen molar-refractivity contribution in [2.75, 3.05) is 13.7 Å². The predicted molar refractivity (Wildman–Crippen MR) is 84.5 cm³/mol. The molecule has 0 saturated heterocycles. The Bertz CT molecular complexity index is 857. The normalized spacial score (nSPS) is 15.3. The number of pyridine rings is 1. The summed E-state index contributed by atoms with van der Waals surface area (Å²) >= 11 is 1.48. The molecule has 0 bridgehead atoms. The second-order valence-electron chi connectivity index (χ2n) is 4.75. The van der Waals surface area contributed by atoms with Gasteiger partial charge in [0.2, 0.25) is 5.89 Å². The Labute approximate surface area is 135 Å². The Morgan fingerprint density at radius 3 is 3.13 bits per heavy atom. The van der Waals surface area contributed by atoms with Gasteiger partial charge in [0.15, 0.2) is 5.69 Å². The second-order valence-corrected chi connectivity index (χ2v) is 5.78. The van der Waals surface area contributed by atoms with E-state index < -0.39 is 0 Å². The highest BCUT2D eigenvalue weighted by atomic mass is 32.1. The van der Waals surface area contributed by atoms with E-state index in [1.165, 1.54) is 18.4 Å². The molecule has 0 N–H and O–H groups in total. The van der Waals surface area contributed by atoms with Gasteiger partial charge in [0, 0.05) is 24.4 Å². The number of nitrogens with zero attached hydrogens (tertiary/aromatic N) is 4. The van der Waals surface area contributed by atoms with Crippen molar-refractivity contribution in [3.8, 4) is 27.3 Å². The van der Waals surface area contributed by atoms with Crippen molar-refractivity contribution in [2.24, 2.45) is 5.16 Å². The van der Waals surface area contributed by atoms with Crippen LogP contribution in [0.3, 0.4) is 0 Å². The fourth-order valence-electron chi connectivity index (χ4n) is 2.25. The van der Waals surface area contributed by atoms with Crippen LogP contribution in [0.5, 0.6) is 5.95 Å². The minimum Gasteiger partial charge on any atom is -0.463 e. The lowest BCUT2D eigenvalue weighted by atomic mass is 10.2. The second kappa shape index (κ2) is 5.81. The third kappa shape index (κ3) is 2.57. The topological polar surface area (TPSA) is 82.6 Å². The van der Waals surface area contributed by atoms with Crippen LogP contribution >= 0.6 is 11.3 Å². The van der Waals surface area contributed by atoms with Crippen LogP contribution in [0, 0.1) is 0 Å². The van der Waals surface area contributed by atoms with Gasteiger partial charge in [-0.25, -0.2) is 9.97 Å². The summed E-state index contributed by atoms with van der Waals surface area (Å²) in [4.78, 5) is 18.7. The maximum absolute atomic E-state index is 5.70. The quantitative estimate of drug-likeness (QED) is 0.687. The molecule has 0 aliphatic carbocycles. The van der Waals surface area contributed by atoms with Gasteiger partial charge in [-0.1, -0.05) is 5.16 Å². The average molecular weight is 328 g/mol. The molecular formula is C15H12N4O3S. The minimum atomic E-state index is 0.373. The van der Waals surface area contributed by atoms with Gasteiger partial charge in [-0.05, 0) is 12.1 Å². The molecule has 23 heavy (non-hydrogen) atoms. The lowest BCUT2D eigenvalue weighted by molar-refractivity contribution is 0.206. The van der Waals surface area contributed by atoms with E-state index in [0.717, 1.165) is 21.2 Å². The zero-order valence-corrected chi connectivity index (χ0v) is 13.0. The van der Waals surface area contributed by atoms with Crippen molar-refractivity contribution in [2.45, 2.75) is 6.42 Å². The van der Waals surface area contributed by atoms with Gasteiger partial charge in [0.05, 0.1) is 12.8 Å². The van der Waals surface area contributed by atoms with Crippen LogP contribution in [0.15, 0.2) is 40.3 Å². The van der Waals surface area contributed by atoms with Gasteiger partial charge < -0.3 is 14.0 Å². The highest BCUT2D eigenvalue weighted by molar-refractivity contribution is 7.18. The first-order chi connectivity index (χ1) is 11.3. The van der Waals surface area contributed by atoms with E-state index in [4.69, 9.17) is 14.0 Å². The van der Waals surface area contributed by atoms with E-state index in [9.17, 15) is 0 Å². The number of thiazole rings is 1. The molecule has 0 aromatic carbocycles. The number of hydrogen-bond acceptors (Lipinski definition) is 8. The molecule has 1 aliphatic rings. The molecule has 0 spiro atoms. The van der Waals surface area contributed by atoms with Crippen LogP contribution in [-0.2, 0) is 4.84 Å². The Hall–Kier alpha value is -2.74. The average Bonchev–Trinajstić information content (AvgIpc) is 3.23. The molecule has 8 heteroatoms. The molecule has 0 fully saturated rings. The molecule has 7 nitrogen and oxygen atoms in total. The van der Waals surface area contributed by atoms with Gasteiger partial charge in [0.1, 0.15) is 22.7 Å². The molecule has 1 aliphatic heterocycles. The van der Waals surface area contributed by atoms with Crippen LogP contribution in [0.1, 0.15) is 12.1 Å². The molecular weight excluding hydrogens is 316 g/mol. The molecule has 0 atom stereocenters. The molecule has 116 valence electrons. The van der Waals surface area contributed by atoms with Crippen molar-refractivity contribution in [3.05, 3.63) is 36.4 Å². The summed E-state index contributed by atoms with van der Waals surface area (Å²) < 4.78 is 11.2. The van der Waals surface area contributed by atoms with Crippen molar-refractivity contribution >= 4 is 17.0 Å². The Kier molecular flexibility index (Phi) is 3.51. The number of hydrogen-bond donors (Lipinski definition) is 0. The van der Waals surface area contributed by atoms with Crippen molar-refractivity contribution < 1.29 is 14.0 Å². The van der Waals surface area contributed by atoms with Gasteiger partial charge in [-0.3, -0.25) is 4.98 Å². The molecule has 0 unspecified atom stereocenters. The number of ether oxygens (including phenoxy) is 1. The van der Waals surface area contributed by atoms with Gasteiger partial charge in [-0.2, -0.15) is 0 Å². The Morgan fingerprint density at radius 1 is 1.35 bits per heavy atom. The number of oxime groups is 1. The standard InChI is InChI=1S/C15H12N4O3S/c1-20-19-10-4-6-21-15-12(10)18-13(22-15)11-8-17-14(23-11)9-3-2-5-16-7-9/h2-3,5,7-8H,4,6H2,1H3. The highest BCUT2D eigenvalue weighted by Crippen LogP contribution is 2.35. The van der Waals surface area contributed by atoms with Gasteiger partial charge >= 0.3 is 5.95 Å². The van der Waals surface area contributed by atoms with Crippen molar-refractivity contribution in [1.29, 1.82) is 0 Å². The molecule has 3 aromatic rings.